The van der Waals surface area contributed by atoms with E-state index in [9.17, 15) is 34.6 Å². The van der Waals surface area contributed by atoms with Gasteiger partial charge in [0.2, 0.25) is 5.43 Å². The molecule has 0 aliphatic carbocycles. The summed E-state index contributed by atoms with van der Waals surface area (Å²) in [5.74, 6) is -3.28. The van der Waals surface area contributed by atoms with E-state index in [0.717, 1.165) is 28.5 Å². The van der Waals surface area contributed by atoms with Crippen LogP contribution in [0.5, 0.6) is 5.75 Å². The summed E-state index contributed by atoms with van der Waals surface area (Å²) < 4.78 is 0.457. The number of hydrogen-bond acceptors (Lipinski definition) is 13. The minimum atomic E-state index is -1.48. The summed E-state index contributed by atoms with van der Waals surface area (Å²) in [4.78, 5) is 58.9. The molecule has 1 fully saturated rings. The third kappa shape index (κ3) is 5.22. The zero-order valence-electron chi connectivity index (χ0n) is 18.8. The number of carbonyl (C=O) groups excluding carboxylic acids is 3. The molecule has 0 saturated carbocycles. The van der Waals surface area contributed by atoms with Crippen LogP contribution in [0.3, 0.4) is 0 Å². The van der Waals surface area contributed by atoms with Gasteiger partial charge in [0.15, 0.2) is 23.2 Å². The molecule has 0 spiro atoms. The van der Waals surface area contributed by atoms with Gasteiger partial charge in [-0.15, -0.1) is 23.1 Å². The number of oxime groups is 1. The number of nitrogens with two attached hydrogens (primary N) is 1. The van der Waals surface area contributed by atoms with Gasteiger partial charge in [-0.25, -0.2) is 4.98 Å². The number of nitrogens with one attached hydrogen (secondary N) is 1. The molecule has 184 valence electrons. The predicted octanol–water partition coefficient (Wildman–Crippen LogP) is -4.82. The van der Waals surface area contributed by atoms with Crippen LogP contribution in [0.4, 0.5) is 5.13 Å². The van der Waals surface area contributed by atoms with Crippen molar-refractivity contribution in [1.82, 2.24) is 19.9 Å². The minimum Gasteiger partial charge on any atom is -0.543 e. The van der Waals surface area contributed by atoms with Gasteiger partial charge in [0.05, 0.1) is 17.9 Å². The number of carbonyl (C=O) groups is 3. The van der Waals surface area contributed by atoms with Crippen LogP contribution in [-0.2, 0) is 25.8 Å². The largest absolute Gasteiger partial charge is 1.00 e. The molecule has 14 nitrogen and oxygen atoms in total. The number of fused-ring (bicyclic) bond motifs is 1. The molecule has 2 aromatic rings. The molecule has 0 radical (unpaired) electrons. The van der Waals surface area contributed by atoms with E-state index < -0.39 is 47.0 Å². The Morgan fingerprint density at radius 3 is 2.78 bits per heavy atom. The average Bonchev–Trinajstić information content (AvgIpc) is 3.23. The maximum atomic E-state index is 13.0. The van der Waals surface area contributed by atoms with Gasteiger partial charge in [-0.2, -0.15) is 4.73 Å². The van der Waals surface area contributed by atoms with Crippen LogP contribution in [0.25, 0.3) is 0 Å². The number of thiazole rings is 1. The Hall–Kier alpha value is -3.05. The fourth-order valence-corrected chi connectivity index (χ4v) is 5.24. The number of carboxylic acid groups (broad SMARTS) is 1. The average molecular weight is 545 g/mol. The van der Waals surface area contributed by atoms with Gasteiger partial charge in [-0.05, 0) is 12.5 Å². The molecule has 5 N–H and O–H groups in total. The summed E-state index contributed by atoms with van der Waals surface area (Å²) in [7, 11) is 0. The predicted molar refractivity (Wildman–Crippen MR) is 120 cm³/mol. The number of thioether (sulfide) groups is 1. The molecule has 2 amide bonds. The zero-order valence-corrected chi connectivity index (χ0v) is 22.5. The monoisotopic (exact) mass is 544 g/mol. The molecule has 0 aromatic carbocycles. The molecule has 2 aromatic heterocycles. The molecule has 4 rings (SSSR count). The van der Waals surface area contributed by atoms with Gasteiger partial charge in [0.1, 0.15) is 22.8 Å². The van der Waals surface area contributed by atoms with Crippen LogP contribution in [0.1, 0.15) is 18.3 Å². The number of rotatable bonds is 7. The SMILES string of the molecule is CC1=C(C(=O)[O-])N2C(=O)[C@@H](NC(=O)/C(=N/OCc3cc(=O)c(O)cn3O)c3csc(N)n3)[C@H]2SC1.[Na+]. The number of carboxylic acids is 1. The molecule has 0 bridgehead atoms. The van der Waals surface area contributed by atoms with Gasteiger partial charge < -0.3 is 36.1 Å². The molecule has 17 heteroatoms. The number of aromatic nitrogens is 2. The number of nitrogens with zero attached hydrogens (tertiary/aromatic N) is 4. The quantitative estimate of drug-likeness (QED) is 0.0853. The van der Waals surface area contributed by atoms with E-state index in [0.29, 0.717) is 16.1 Å². The maximum absolute atomic E-state index is 13.0. The first kappa shape index (κ1) is 27.5. The van der Waals surface area contributed by atoms with Crippen molar-refractivity contribution in [1.29, 1.82) is 0 Å². The standard InChI is InChI=1S/C19H18N6O8S2.Na/c1-7-5-34-17-13(16(29)25(17)14(7)18(30)31)22-15(28)12(9-6-35-19(20)21-9)23-33-4-8-2-10(26)11(27)3-24(8)32;/h2-3,6,13,17,27,32H,4-5H2,1H3,(H2,20,21)(H,22,28)(H,30,31);/q;+1/p-1/b23-12+;/t13-,17-;/m1./s1. The molecule has 0 unspecified atom stereocenters. The molecule has 1 saturated heterocycles. The summed E-state index contributed by atoms with van der Waals surface area (Å²) in [6.45, 7) is 1.12. The Morgan fingerprint density at radius 1 is 1.42 bits per heavy atom. The van der Waals surface area contributed by atoms with Crippen LogP contribution in [0.15, 0.2) is 38.9 Å². The first-order valence-corrected chi connectivity index (χ1v) is 11.7. The van der Waals surface area contributed by atoms with Crippen molar-refractivity contribution in [2.45, 2.75) is 24.9 Å². The Kier molecular flexibility index (Phi) is 8.35. The van der Waals surface area contributed by atoms with Crippen LogP contribution < -0.4 is 51.1 Å². The number of amides is 2. The number of anilines is 1. The number of pyridine rings is 1. The van der Waals surface area contributed by atoms with Crippen molar-refractivity contribution < 1.29 is 64.2 Å². The van der Waals surface area contributed by atoms with Crippen LogP contribution in [-0.4, -0.2) is 65.6 Å². The third-order valence-electron chi connectivity index (χ3n) is 5.08. The van der Waals surface area contributed by atoms with Crippen molar-refractivity contribution in [3.8, 4) is 5.75 Å². The van der Waals surface area contributed by atoms with Crippen molar-refractivity contribution in [2.75, 3.05) is 11.5 Å². The van der Waals surface area contributed by atoms with Crippen LogP contribution >= 0.6 is 23.1 Å². The first-order chi connectivity index (χ1) is 16.6. The Balaban J connectivity index is 0.00000361. The second kappa shape index (κ2) is 10.9. The molecule has 2 aliphatic heterocycles. The first-order valence-electron chi connectivity index (χ1n) is 9.80. The van der Waals surface area contributed by atoms with E-state index in [-0.39, 0.29) is 57.5 Å². The number of nitrogen functional groups attached to an aromatic ring is 1. The molecule has 2 aliphatic rings. The fourth-order valence-electron chi connectivity index (χ4n) is 3.40. The van der Waals surface area contributed by atoms with Crippen LogP contribution in [0.2, 0.25) is 0 Å². The zero-order chi connectivity index (χ0) is 25.4. The molecule has 4 heterocycles. The van der Waals surface area contributed by atoms with Gasteiger partial charge >= 0.3 is 29.6 Å². The van der Waals surface area contributed by atoms with Gasteiger partial charge in [0.25, 0.3) is 11.8 Å². The van der Waals surface area contributed by atoms with Crippen molar-refractivity contribution >= 4 is 51.7 Å². The number of β-lactam (4-membered cyclic amide) rings is 1. The Morgan fingerprint density at radius 2 is 2.14 bits per heavy atom. The van der Waals surface area contributed by atoms with Gasteiger partial charge in [-0.1, -0.05) is 5.16 Å². The second-order valence-corrected chi connectivity index (χ2v) is 9.42. The number of aromatic hydroxyl groups is 1. The van der Waals surface area contributed by atoms with E-state index >= 15 is 0 Å². The maximum Gasteiger partial charge on any atom is 1.00 e. The molecular formula is C19H17N6NaO8S2. The topological polar surface area (TPSA) is 212 Å². The van der Waals surface area contributed by atoms with E-state index in [1.807, 2.05) is 0 Å². The summed E-state index contributed by atoms with van der Waals surface area (Å²) in [6, 6.07) is -0.117. The van der Waals surface area contributed by atoms with Gasteiger partial charge in [-0.3, -0.25) is 19.3 Å². The normalized spacial score (nSPS) is 19.2. The van der Waals surface area contributed by atoms with E-state index in [4.69, 9.17) is 10.6 Å². The molecule has 36 heavy (non-hydrogen) atoms. The molecular weight excluding hydrogens is 527 g/mol. The second-order valence-electron chi connectivity index (χ2n) is 7.42. The molecule has 2 atom stereocenters. The van der Waals surface area contributed by atoms with E-state index in [1.54, 1.807) is 6.92 Å². The van der Waals surface area contributed by atoms with Crippen LogP contribution in [0, 0.1) is 0 Å². The van der Waals surface area contributed by atoms with Crippen molar-refractivity contribution in [2.24, 2.45) is 5.16 Å². The van der Waals surface area contributed by atoms with Crippen molar-refractivity contribution in [3.05, 3.63) is 50.5 Å². The summed E-state index contributed by atoms with van der Waals surface area (Å²) in [5, 5.41) is 37.8. The Bertz CT molecular complexity index is 1360. The van der Waals surface area contributed by atoms with Crippen molar-refractivity contribution in [3.63, 3.8) is 0 Å². The summed E-state index contributed by atoms with van der Waals surface area (Å²) in [6.07, 6.45) is 0.770. The smallest absolute Gasteiger partial charge is 0.543 e. The van der Waals surface area contributed by atoms with E-state index in [1.165, 1.54) is 17.1 Å². The minimum absolute atomic E-state index is 0. The third-order valence-corrected chi connectivity index (χ3v) is 7.17. The van der Waals surface area contributed by atoms with Gasteiger partial charge in [0, 0.05) is 17.2 Å². The van der Waals surface area contributed by atoms with E-state index in [2.05, 4.69) is 15.5 Å². The number of aliphatic carboxylic acids is 1. The number of hydrogen-bond donors (Lipinski definition) is 4. The Labute approximate surface area is 232 Å². The summed E-state index contributed by atoms with van der Waals surface area (Å²) >= 11 is 2.31. The fraction of sp³-hybridized carbons (Fsp3) is 0.263. The summed E-state index contributed by atoms with van der Waals surface area (Å²) in [5.41, 5.74) is 4.78.